The number of hydrazine groups is 1. The van der Waals surface area contributed by atoms with E-state index in [-0.39, 0.29) is 11.5 Å². The van der Waals surface area contributed by atoms with E-state index in [4.69, 9.17) is 5.84 Å². The number of unbranched alkanes of at least 4 members (excludes halogenated alkanes) is 5. The molecule has 112 valence electrons. The molecule has 1 heterocycles. The minimum absolute atomic E-state index is 0.0293. The lowest BCUT2D eigenvalue weighted by molar-refractivity contribution is -0.384. The van der Waals surface area contributed by atoms with Crippen molar-refractivity contribution in [2.75, 3.05) is 17.3 Å². The predicted molar refractivity (Wildman–Crippen MR) is 80.6 cm³/mol. The molecule has 7 nitrogen and oxygen atoms in total. The van der Waals surface area contributed by atoms with Gasteiger partial charge in [-0.1, -0.05) is 39.0 Å². The van der Waals surface area contributed by atoms with E-state index in [9.17, 15) is 10.1 Å². The topological polar surface area (TPSA) is 106 Å². The molecule has 0 radical (unpaired) electrons. The standard InChI is InChI=1S/C13H23N5O2/c1-2-3-4-5-6-7-8-15-12-9-11(18(19)20)10-13(16-12)17-14/h9-10H,2-8,14H2,1H3,(H2,15,16,17). The van der Waals surface area contributed by atoms with Crippen molar-refractivity contribution < 1.29 is 4.92 Å². The van der Waals surface area contributed by atoms with Gasteiger partial charge in [0.25, 0.3) is 5.69 Å². The summed E-state index contributed by atoms with van der Waals surface area (Å²) < 4.78 is 0. The van der Waals surface area contributed by atoms with Crippen LogP contribution in [0, 0.1) is 10.1 Å². The third-order valence-corrected chi connectivity index (χ3v) is 3.01. The van der Waals surface area contributed by atoms with Gasteiger partial charge in [0, 0.05) is 6.54 Å². The average molecular weight is 281 g/mol. The van der Waals surface area contributed by atoms with Crippen LogP contribution in [0.1, 0.15) is 45.4 Å². The number of nitrogens with zero attached hydrogens (tertiary/aromatic N) is 2. The molecule has 0 saturated heterocycles. The number of nitro groups is 1. The normalized spacial score (nSPS) is 10.3. The summed E-state index contributed by atoms with van der Waals surface area (Å²) in [6, 6.07) is 2.72. The highest BCUT2D eigenvalue weighted by molar-refractivity contribution is 5.54. The van der Waals surface area contributed by atoms with Crippen molar-refractivity contribution in [1.29, 1.82) is 0 Å². The number of nitrogens with two attached hydrogens (primary N) is 1. The van der Waals surface area contributed by atoms with Gasteiger partial charge in [-0.15, -0.1) is 0 Å². The van der Waals surface area contributed by atoms with E-state index >= 15 is 0 Å². The predicted octanol–water partition coefficient (Wildman–Crippen LogP) is 3.05. The minimum Gasteiger partial charge on any atom is -0.370 e. The molecule has 4 N–H and O–H groups in total. The molecule has 1 rings (SSSR count). The SMILES string of the molecule is CCCCCCCCNc1cc([N+](=O)[O-])cc(NN)n1. The Kier molecular flexibility index (Phi) is 7.34. The van der Waals surface area contributed by atoms with Crippen molar-refractivity contribution in [2.24, 2.45) is 5.84 Å². The van der Waals surface area contributed by atoms with Crippen LogP contribution in [0.5, 0.6) is 0 Å². The molecule has 1 aromatic heterocycles. The summed E-state index contributed by atoms with van der Waals surface area (Å²) in [5, 5.41) is 13.9. The van der Waals surface area contributed by atoms with Crippen molar-refractivity contribution in [3.63, 3.8) is 0 Å². The molecule has 0 unspecified atom stereocenters. The summed E-state index contributed by atoms with van der Waals surface area (Å²) in [7, 11) is 0. The molecule has 20 heavy (non-hydrogen) atoms. The second-order valence-corrected chi connectivity index (χ2v) is 4.69. The first-order valence-corrected chi connectivity index (χ1v) is 7.04. The third-order valence-electron chi connectivity index (χ3n) is 3.01. The molecule has 0 fully saturated rings. The zero-order valence-electron chi connectivity index (χ0n) is 11.9. The van der Waals surface area contributed by atoms with E-state index in [1.807, 2.05) is 0 Å². The Bertz CT molecular complexity index is 425. The van der Waals surface area contributed by atoms with Gasteiger partial charge in [-0.05, 0) is 6.42 Å². The first kappa shape index (κ1) is 16.2. The van der Waals surface area contributed by atoms with Gasteiger partial charge in [-0.3, -0.25) is 10.1 Å². The van der Waals surface area contributed by atoms with Crippen LogP contribution in [-0.2, 0) is 0 Å². The molecular weight excluding hydrogens is 258 g/mol. The summed E-state index contributed by atoms with van der Waals surface area (Å²) in [4.78, 5) is 14.4. The summed E-state index contributed by atoms with van der Waals surface area (Å²) in [6.07, 6.45) is 7.21. The fourth-order valence-electron chi connectivity index (χ4n) is 1.91. The zero-order chi connectivity index (χ0) is 14.8. The second-order valence-electron chi connectivity index (χ2n) is 4.69. The molecule has 0 aliphatic rings. The van der Waals surface area contributed by atoms with Gasteiger partial charge < -0.3 is 10.7 Å². The average Bonchev–Trinajstić information content (AvgIpc) is 2.46. The fourth-order valence-corrected chi connectivity index (χ4v) is 1.91. The molecule has 0 spiro atoms. The largest absolute Gasteiger partial charge is 0.370 e. The van der Waals surface area contributed by atoms with Crippen LogP contribution in [0.3, 0.4) is 0 Å². The summed E-state index contributed by atoms with van der Waals surface area (Å²) in [5.74, 6) is 6.00. The van der Waals surface area contributed by atoms with Crippen LogP contribution in [0.2, 0.25) is 0 Å². The third kappa shape index (κ3) is 5.83. The van der Waals surface area contributed by atoms with E-state index in [1.54, 1.807) is 0 Å². The van der Waals surface area contributed by atoms with Crippen molar-refractivity contribution in [3.05, 3.63) is 22.2 Å². The van der Waals surface area contributed by atoms with Gasteiger partial charge in [0.05, 0.1) is 17.1 Å². The molecule has 0 amide bonds. The van der Waals surface area contributed by atoms with Crippen molar-refractivity contribution in [3.8, 4) is 0 Å². The van der Waals surface area contributed by atoms with Crippen LogP contribution < -0.4 is 16.6 Å². The molecule has 0 aliphatic heterocycles. The Morgan fingerprint density at radius 2 is 1.85 bits per heavy atom. The molecular formula is C13H23N5O2. The van der Waals surface area contributed by atoms with E-state index in [0.717, 1.165) is 19.4 Å². The molecule has 0 aromatic carbocycles. The van der Waals surface area contributed by atoms with Gasteiger partial charge in [0.1, 0.15) is 11.6 Å². The van der Waals surface area contributed by atoms with Gasteiger partial charge in [0.2, 0.25) is 0 Å². The van der Waals surface area contributed by atoms with Crippen molar-refractivity contribution >= 4 is 17.3 Å². The molecule has 1 aromatic rings. The van der Waals surface area contributed by atoms with Crippen molar-refractivity contribution in [2.45, 2.75) is 45.4 Å². The highest BCUT2D eigenvalue weighted by Gasteiger charge is 2.10. The number of nitrogen functional groups attached to an aromatic ring is 1. The molecule has 0 atom stereocenters. The number of aromatic nitrogens is 1. The Balaban J connectivity index is 2.39. The Morgan fingerprint density at radius 1 is 1.20 bits per heavy atom. The summed E-state index contributed by atoms with van der Waals surface area (Å²) in [6.45, 7) is 2.95. The Hall–Kier alpha value is -1.89. The van der Waals surface area contributed by atoms with Crippen LogP contribution in [0.4, 0.5) is 17.3 Å². The lowest BCUT2D eigenvalue weighted by atomic mass is 10.1. The molecule has 7 heteroatoms. The maximum absolute atomic E-state index is 10.8. The van der Waals surface area contributed by atoms with Crippen molar-refractivity contribution in [1.82, 2.24) is 4.98 Å². The monoisotopic (exact) mass is 281 g/mol. The lowest BCUT2D eigenvalue weighted by Gasteiger charge is -2.07. The van der Waals surface area contributed by atoms with Gasteiger partial charge in [-0.2, -0.15) is 0 Å². The van der Waals surface area contributed by atoms with Crippen LogP contribution in [0.15, 0.2) is 12.1 Å². The van der Waals surface area contributed by atoms with E-state index in [0.29, 0.717) is 5.82 Å². The summed E-state index contributed by atoms with van der Waals surface area (Å²) in [5.41, 5.74) is 2.30. The number of nitrogens with one attached hydrogen (secondary N) is 2. The van der Waals surface area contributed by atoms with Gasteiger partial charge in [-0.25, -0.2) is 10.8 Å². The molecule has 0 bridgehead atoms. The Morgan fingerprint density at radius 3 is 2.50 bits per heavy atom. The lowest BCUT2D eigenvalue weighted by Crippen LogP contribution is -2.11. The maximum Gasteiger partial charge on any atom is 0.276 e. The number of hydrogen-bond acceptors (Lipinski definition) is 6. The highest BCUT2D eigenvalue weighted by atomic mass is 16.6. The van der Waals surface area contributed by atoms with Crippen LogP contribution in [-0.4, -0.2) is 16.5 Å². The Labute approximate surface area is 119 Å². The van der Waals surface area contributed by atoms with E-state index in [1.165, 1.54) is 37.8 Å². The first-order chi connectivity index (χ1) is 9.67. The van der Waals surface area contributed by atoms with Crippen LogP contribution >= 0.6 is 0 Å². The van der Waals surface area contributed by atoms with Crippen LogP contribution in [0.25, 0.3) is 0 Å². The number of anilines is 2. The fraction of sp³-hybridized carbons (Fsp3) is 0.615. The maximum atomic E-state index is 10.8. The zero-order valence-corrected chi connectivity index (χ0v) is 11.9. The quantitative estimate of drug-likeness (QED) is 0.263. The molecule has 0 aliphatic carbocycles. The second kappa shape index (κ2) is 9.08. The van der Waals surface area contributed by atoms with Gasteiger partial charge >= 0.3 is 0 Å². The van der Waals surface area contributed by atoms with Gasteiger partial charge in [0.15, 0.2) is 0 Å². The number of rotatable bonds is 10. The highest BCUT2D eigenvalue weighted by Crippen LogP contribution is 2.20. The van der Waals surface area contributed by atoms with E-state index < -0.39 is 4.92 Å². The number of hydrogen-bond donors (Lipinski definition) is 3. The molecule has 0 saturated carbocycles. The minimum atomic E-state index is -0.460. The summed E-state index contributed by atoms with van der Waals surface area (Å²) >= 11 is 0. The smallest absolute Gasteiger partial charge is 0.276 e. The number of pyridine rings is 1. The van der Waals surface area contributed by atoms with E-state index in [2.05, 4.69) is 22.7 Å². The first-order valence-electron chi connectivity index (χ1n) is 7.04.